The molecule has 2 saturated heterocycles. The van der Waals surface area contributed by atoms with E-state index in [1.807, 2.05) is 11.9 Å². The number of nitrogens with zero attached hydrogens (tertiary/aromatic N) is 5. The largest absolute Gasteiger partial charge is 0.467 e. The molecule has 1 N–H and O–H groups in total. The molecule has 1 aromatic carbocycles. The minimum absolute atomic E-state index is 0.0179. The first-order valence-electron chi connectivity index (χ1n) is 11.6. The first-order valence-corrected chi connectivity index (χ1v) is 11.6. The van der Waals surface area contributed by atoms with Gasteiger partial charge in [0.05, 0.1) is 17.8 Å². The number of carbonyl (C=O) groups excluding carboxylic acids is 1. The van der Waals surface area contributed by atoms with E-state index in [9.17, 15) is 4.79 Å². The Bertz CT molecular complexity index is 1220. The van der Waals surface area contributed by atoms with Crippen LogP contribution in [0.4, 0.5) is 10.2 Å². The molecule has 2 fully saturated rings. The highest BCUT2D eigenvalue weighted by Gasteiger charge is 2.44. The first kappa shape index (κ1) is 23.4. The molecule has 186 valence electrons. The van der Waals surface area contributed by atoms with Crippen LogP contribution in [0.1, 0.15) is 29.8 Å². The SMILES string of the molecule is COCOc1cc2cc(C(=O)N(C)C)oc2cc1-c1ncc(N(C)[C@H]2C[C@@H]3CC[C@@H](N3)[C@H]2F)nn1. The Hall–Kier alpha value is -3.31. The third-order valence-electron chi connectivity index (χ3n) is 6.77. The minimum atomic E-state index is -0.977. The van der Waals surface area contributed by atoms with Crippen molar-refractivity contribution in [3.05, 3.63) is 30.2 Å². The summed E-state index contributed by atoms with van der Waals surface area (Å²) in [5.41, 5.74) is 1.03. The van der Waals surface area contributed by atoms with Gasteiger partial charge in [-0.1, -0.05) is 0 Å². The molecular formula is C24H29FN6O4. The summed E-state index contributed by atoms with van der Waals surface area (Å²) < 4.78 is 31.6. The standard InChI is InChI=1S/C24H29FN6O4/c1-30(2)24(32)20-8-13-7-19(34-12-33-4)15(10-18(13)35-20)23-26-11-21(28-29-23)31(3)17-9-14-5-6-16(27-14)22(17)25/h7-8,10-11,14,16-17,22,27H,5-6,9,12H2,1-4H3/t14-,16+,17-,22+/m0/s1. The van der Waals surface area contributed by atoms with Crippen molar-refractivity contribution >= 4 is 22.7 Å². The fourth-order valence-electron chi connectivity index (χ4n) is 4.88. The fourth-order valence-corrected chi connectivity index (χ4v) is 4.88. The predicted octanol–water partition coefficient (Wildman–Crippen LogP) is 2.64. The molecule has 0 radical (unpaired) electrons. The number of rotatable bonds is 7. The van der Waals surface area contributed by atoms with Crippen molar-refractivity contribution in [2.45, 2.75) is 43.6 Å². The molecule has 2 aliphatic rings. The van der Waals surface area contributed by atoms with Crippen LogP contribution in [0.3, 0.4) is 0 Å². The smallest absolute Gasteiger partial charge is 0.289 e. The van der Waals surface area contributed by atoms with Gasteiger partial charge in [-0.15, -0.1) is 10.2 Å². The molecule has 0 saturated carbocycles. The molecule has 10 nitrogen and oxygen atoms in total. The summed E-state index contributed by atoms with van der Waals surface area (Å²) in [5, 5.41) is 12.7. The molecular weight excluding hydrogens is 455 g/mol. The summed E-state index contributed by atoms with van der Waals surface area (Å²) in [6.07, 6.45) is 3.19. The Kier molecular flexibility index (Phi) is 6.28. The van der Waals surface area contributed by atoms with E-state index in [0.29, 0.717) is 40.0 Å². The van der Waals surface area contributed by atoms with Gasteiger partial charge in [-0.3, -0.25) is 4.79 Å². The highest BCUT2D eigenvalue weighted by atomic mass is 19.1. The van der Waals surface area contributed by atoms with Gasteiger partial charge in [-0.2, -0.15) is 0 Å². The third kappa shape index (κ3) is 4.41. The van der Waals surface area contributed by atoms with E-state index in [-0.39, 0.29) is 30.5 Å². The molecule has 3 aromatic rings. The number of methoxy groups -OCH3 is 1. The molecule has 0 aliphatic carbocycles. The lowest BCUT2D eigenvalue weighted by molar-refractivity contribution is 0.0516. The molecule has 1 amide bonds. The second-order valence-electron chi connectivity index (χ2n) is 9.29. The minimum Gasteiger partial charge on any atom is -0.467 e. The number of piperidine rings is 1. The van der Waals surface area contributed by atoms with Crippen molar-refractivity contribution in [1.29, 1.82) is 0 Å². The Morgan fingerprint density at radius 3 is 2.77 bits per heavy atom. The lowest BCUT2D eigenvalue weighted by atomic mass is 9.96. The van der Waals surface area contributed by atoms with Crippen molar-refractivity contribution in [2.24, 2.45) is 0 Å². The van der Waals surface area contributed by atoms with Crippen molar-refractivity contribution < 1.29 is 23.1 Å². The van der Waals surface area contributed by atoms with E-state index >= 15 is 4.39 Å². The van der Waals surface area contributed by atoms with Gasteiger partial charge in [0.25, 0.3) is 5.91 Å². The highest BCUT2D eigenvalue weighted by molar-refractivity contribution is 5.97. The van der Waals surface area contributed by atoms with Gasteiger partial charge in [0.15, 0.2) is 24.2 Å². The molecule has 0 spiro atoms. The van der Waals surface area contributed by atoms with E-state index < -0.39 is 6.17 Å². The second kappa shape index (κ2) is 9.38. The first-order chi connectivity index (χ1) is 16.9. The molecule has 2 bridgehead atoms. The summed E-state index contributed by atoms with van der Waals surface area (Å²) in [7, 11) is 6.67. The highest BCUT2D eigenvalue weighted by Crippen LogP contribution is 2.35. The molecule has 2 aromatic heterocycles. The van der Waals surface area contributed by atoms with Crippen molar-refractivity contribution in [1.82, 2.24) is 25.4 Å². The molecule has 35 heavy (non-hydrogen) atoms. The predicted molar refractivity (Wildman–Crippen MR) is 127 cm³/mol. The van der Waals surface area contributed by atoms with E-state index in [4.69, 9.17) is 13.9 Å². The zero-order valence-electron chi connectivity index (χ0n) is 20.2. The number of aromatic nitrogens is 3. The van der Waals surface area contributed by atoms with Crippen LogP contribution in [0, 0.1) is 0 Å². The number of furan rings is 1. The van der Waals surface area contributed by atoms with E-state index in [1.165, 1.54) is 12.0 Å². The number of nitrogens with one attached hydrogen (secondary N) is 1. The average Bonchev–Trinajstić information content (AvgIpc) is 3.47. The van der Waals surface area contributed by atoms with E-state index in [0.717, 1.165) is 19.3 Å². The molecule has 0 unspecified atom stereocenters. The maximum atomic E-state index is 15.0. The summed E-state index contributed by atoms with van der Waals surface area (Å²) in [6.45, 7) is 0.0179. The summed E-state index contributed by atoms with van der Waals surface area (Å²) in [5.74, 6) is 1.25. The number of ether oxygens (including phenoxy) is 2. The molecule has 4 atom stereocenters. The number of amides is 1. The number of fused-ring (bicyclic) bond motifs is 3. The number of benzene rings is 1. The van der Waals surface area contributed by atoms with Gasteiger partial charge >= 0.3 is 0 Å². The molecule has 4 heterocycles. The monoisotopic (exact) mass is 484 g/mol. The van der Waals surface area contributed by atoms with Crippen LogP contribution >= 0.6 is 0 Å². The van der Waals surface area contributed by atoms with Gasteiger partial charge in [0.1, 0.15) is 17.5 Å². The van der Waals surface area contributed by atoms with Crippen LogP contribution in [-0.4, -0.2) is 85.3 Å². The van der Waals surface area contributed by atoms with Crippen molar-refractivity contribution in [3.63, 3.8) is 0 Å². The maximum absolute atomic E-state index is 15.0. The molecule has 11 heteroatoms. The zero-order valence-corrected chi connectivity index (χ0v) is 20.2. The van der Waals surface area contributed by atoms with Gasteiger partial charge in [-0.25, -0.2) is 9.37 Å². The average molecular weight is 485 g/mol. The lowest BCUT2D eigenvalue weighted by Gasteiger charge is -2.38. The number of halogens is 1. The number of carbonyl (C=O) groups is 1. The Balaban J connectivity index is 1.45. The summed E-state index contributed by atoms with van der Waals surface area (Å²) in [6, 6.07) is 5.09. The number of anilines is 1. The Labute approximate surface area is 202 Å². The fraction of sp³-hybridized carbons (Fsp3) is 0.500. The van der Waals surface area contributed by atoms with Crippen LogP contribution in [0.15, 0.2) is 28.8 Å². The van der Waals surface area contributed by atoms with Crippen LogP contribution in [0.25, 0.3) is 22.4 Å². The van der Waals surface area contributed by atoms with E-state index in [2.05, 4.69) is 20.5 Å². The van der Waals surface area contributed by atoms with Crippen LogP contribution in [0.5, 0.6) is 5.75 Å². The van der Waals surface area contributed by atoms with Crippen LogP contribution in [0.2, 0.25) is 0 Å². The summed E-state index contributed by atoms with van der Waals surface area (Å²) >= 11 is 0. The zero-order chi connectivity index (χ0) is 24.7. The van der Waals surface area contributed by atoms with Crippen LogP contribution < -0.4 is 15.0 Å². The number of hydrogen-bond donors (Lipinski definition) is 1. The second-order valence-corrected chi connectivity index (χ2v) is 9.29. The molecule has 5 rings (SSSR count). The maximum Gasteiger partial charge on any atom is 0.289 e. The van der Waals surface area contributed by atoms with E-state index in [1.54, 1.807) is 38.5 Å². The van der Waals surface area contributed by atoms with Gasteiger partial charge < -0.3 is 29.0 Å². The van der Waals surface area contributed by atoms with Gasteiger partial charge in [-0.05, 0) is 37.5 Å². The third-order valence-corrected chi connectivity index (χ3v) is 6.77. The summed E-state index contributed by atoms with van der Waals surface area (Å²) in [4.78, 5) is 20.1. The quantitative estimate of drug-likeness (QED) is 0.507. The lowest BCUT2D eigenvalue weighted by Crippen LogP contribution is -2.55. The normalized spacial score (nSPS) is 23.5. The number of hydrogen-bond acceptors (Lipinski definition) is 9. The van der Waals surface area contributed by atoms with Crippen LogP contribution in [-0.2, 0) is 4.74 Å². The van der Waals surface area contributed by atoms with Gasteiger partial charge in [0, 0.05) is 45.7 Å². The number of alkyl halides is 1. The van der Waals surface area contributed by atoms with Crippen molar-refractivity contribution in [2.75, 3.05) is 39.9 Å². The Morgan fingerprint density at radius 1 is 1.23 bits per heavy atom. The Morgan fingerprint density at radius 2 is 2.06 bits per heavy atom. The van der Waals surface area contributed by atoms with Crippen molar-refractivity contribution in [3.8, 4) is 17.1 Å². The molecule has 2 aliphatic heterocycles. The topological polar surface area (TPSA) is 106 Å². The van der Waals surface area contributed by atoms with Gasteiger partial charge in [0.2, 0.25) is 0 Å².